The second-order valence-corrected chi connectivity index (χ2v) is 7.81. The minimum Gasteiger partial charge on any atom is -0.504 e. The fraction of sp³-hybridized carbons (Fsp3) is 0.160. The van der Waals surface area contributed by atoms with E-state index < -0.39 is 29.1 Å². The third kappa shape index (κ3) is 4.83. The second-order valence-electron chi connectivity index (χ2n) is 7.81. The van der Waals surface area contributed by atoms with Crippen molar-refractivity contribution in [1.29, 1.82) is 0 Å². The summed E-state index contributed by atoms with van der Waals surface area (Å²) in [6.07, 6.45) is 1.73. The summed E-state index contributed by atoms with van der Waals surface area (Å²) < 4.78 is 14.8. The zero-order valence-electron chi connectivity index (χ0n) is 18.0. The SMILES string of the molecule is O=C(C[C@@H](c1ccc(F)cc1)c1c(O)nc2ccccn2c1=O)NCCc1ccc(O)c(O)c1. The molecule has 0 saturated heterocycles. The Morgan fingerprint density at radius 1 is 1.03 bits per heavy atom. The standard InChI is InChI=1S/C25H22FN3O5/c26-17-7-5-16(6-8-17)18(23-24(33)28-21-3-1-2-12-29(21)25(23)34)14-22(32)27-11-10-15-4-9-19(30)20(31)13-15/h1-9,12-13,18,30-31,33H,10-11,14H2,(H,27,32)/t18-/m0/s1. The van der Waals surface area contributed by atoms with Crippen LogP contribution in [-0.4, -0.2) is 37.2 Å². The molecule has 1 atom stereocenters. The Morgan fingerprint density at radius 2 is 1.79 bits per heavy atom. The van der Waals surface area contributed by atoms with E-state index in [9.17, 15) is 29.3 Å². The zero-order chi connectivity index (χ0) is 24.2. The summed E-state index contributed by atoms with van der Waals surface area (Å²) in [6.45, 7) is 0.236. The summed E-state index contributed by atoms with van der Waals surface area (Å²) in [4.78, 5) is 30.1. The van der Waals surface area contributed by atoms with E-state index in [0.717, 1.165) is 0 Å². The number of pyridine rings is 1. The van der Waals surface area contributed by atoms with Crippen molar-refractivity contribution in [3.8, 4) is 17.4 Å². The number of rotatable bonds is 7. The summed E-state index contributed by atoms with van der Waals surface area (Å²) in [5.41, 5.74) is 0.859. The van der Waals surface area contributed by atoms with Crippen LogP contribution in [0.15, 0.2) is 71.7 Å². The molecule has 2 heterocycles. The van der Waals surface area contributed by atoms with Gasteiger partial charge in [0.1, 0.15) is 11.5 Å². The van der Waals surface area contributed by atoms with Gasteiger partial charge in [-0.1, -0.05) is 24.3 Å². The van der Waals surface area contributed by atoms with Gasteiger partial charge in [0.15, 0.2) is 11.5 Å². The molecule has 4 aromatic rings. The monoisotopic (exact) mass is 463 g/mol. The molecular formula is C25H22FN3O5. The van der Waals surface area contributed by atoms with E-state index in [4.69, 9.17) is 0 Å². The predicted molar refractivity (Wildman–Crippen MR) is 122 cm³/mol. The number of phenols is 2. The average Bonchev–Trinajstić information content (AvgIpc) is 2.81. The maximum absolute atomic E-state index is 13.5. The lowest BCUT2D eigenvalue weighted by Gasteiger charge is -2.18. The van der Waals surface area contributed by atoms with Gasteiger partial charge < -0.3 is 20.6 Å². The summed E-state index contributed by atoms with van der Waals surface area (Å²) in [5, 5.41) is 32.3. The van der Waals surface area contributed by atoms with Gasteiger partial charge in [0.2, 0.25) is 11.8 Å². The first-order valence-electron chi connectivity index (χ1n) is 10.6. The van der Waals surface area contributed by atoms with E-state index >= 15 is 0 Å². The molecule has 0 aliphatic carbocycles. The average molecular weight is 463 g/mol. The van der Waals surface area contributed by atoms with Gasteiger partial charge in [0.05, 0.1) is 5.56 Å². The molecule has 0 fully saturated rings. The minimum absolute atomic E-state index is 0.0612. The third-order valence-corrected chi connectivity index (χ3v) is 5.53. The second kappa shape index (κ2) is 9.62. The Kier molecular flexibility index (Phi) is 6.44. The molecule has 2 aromatic heterocycles. The molecule has 34 heavy (non-hydrogen) atoms. The highest BCUT2D eigenvalue weighted by Crippen LogP contribution is 2.31. The summed E-state index contributed by atoms with van der Waals surface area (Å²) in [5.74, 6) is -2.70. The number of aromatic nitrogens is 2. The van der Waals surface area contributed by atoms with Crippen LogP contribution in [-0.2, 0) is 11.2 Å². The lowest BCUT2D eigenvalue weighted by atomic mass is 9.89. The van der Waals surface area contributed by atoms with E-state index in [1.54, 1.807) is 24.3 Å². The lowest BCUT2D eigenvalue weighted by molar-refractivity contribution is -0.121. The Hall–Kier alpha value is -4.40. The number of hydrogen-bond acceptors (Lipinski definition) is 6. The third-order valence-electron chi connectivity index (χ3n) is 5.53. The molecule has 8 nitrogen and oxygen atoms in total. The molecule has 174 valence electrons. The highest BCUT2D eigenvalue weighted by Gasteiger charge is 2.26. The smallest absolute Gasteiger partial charge is 0.265 e. The molecule has 0 unspecified atom stereocenters. The van der Waals surface area contributed by atoms with Crippen LogP contribution in [0.2, 0.25) is 0 Å². The van der Waals surface area contributed by atoms with Crippen molar-refractivity contribution in [2.24, 2.45) is 0 Å². The predicted octanol–water partition coefficient (Wildman–Crippen LogP) is 2.83. The fourth-order valence-corrected chi connectivity index (χ4v) is 3.81. The van der Waals surface area contributed by atoms with Crippen LogP contribution in [0.1, 0.15) is 29.0 Å². The lowest BCUT2D eigenvalue weighted by Crippen LogP contribution is -2.30. The van der Waals surface area contributed by atoms with Gasteiger partial charge in [-0.2, -0.15) is 4.98 Å². The number of benzene rings is 2. The first kappa shape index (κ1) is 22.8. The van der Waals surface area contributed by atoms with Crippen molar-refractivity contribution in [1.82, 2.24) is 14.7 Å². The summed E-state index contributed by atoms with van der Waals surface area (Å²) >= 11 is 0. The molecule has 0 bridgehead atoms. The van der Waals surface area contributed by atoms with Crippen LogP contribution < -0.4 is 10.9 Å². The molecule has 4 rings (SSSR count). The molecule has 0 spiro atoms. The number of nitrogens with one attached hydrogen (secondary N) is 1. The van der Waals surface area contributed by atoms with Crippen molar-refractivity contribution in [3.05, 3.63) is 99.7 Å². The Bertz CT molecular complexity index is 1400. The molecule has 4 N–H and O–H groups in total. The molecule has 9 heteroatoms. The molecule has 2 aromatic carbocycles. The number of hydrogen-bond donors (Lipinski definition) is 4. The maximum atomic E-state index is 13.5. The van der Waals surface area contributed by atoms with E-state index in [1.807, 2.05) is 0 Å². The first-order chi connectivity index (χ1) is 16.3. The van der Waals surface area contributed by atoms with Crippen LogP contribution in [0.5, 0.6) is 17.4 Å². The van der Waals surface area contributed by atoms with E-state index in [-0.39, 0.29) is 35.7 Å². The number of halogens is 1. The molecule has 0 saturated carbocycles. The number of carbonyl (C=O) groups is 1. The quantitative estimate of drug-likeness (QED) is 0.313. The van der Waals surface area contributed by atoms with E-state index in [0.29, 0.717) is 17.5 Å². The molecule has 0 aliphatic heterocycles. The number of carbonyl (C=O) groups excluding carboxylic acids is 1. The fourth-order valence-electron chi connectivity index (χ4n) is 3.81. The minimum atomic E-state index is -0.865. The number of nitrogens with zero attached hydrogens (tertiary/aromatic N) is 2. The highest BCUT2D eigenvalue weighted by molar-refractivity contribution is 5.77. The van der Waals surface area contributed by atoms with Crippen molar-refractivity contribution in [2.75, 3.05) is 6.54 Å². The van der Waals surface area contributed by atoms with Gasteiger partial charge in [-0.25, -0.2) is 4.39 Å². The molecule has 0 radical (unpaired) electrons. The van der Waals surface area contributed by atoms with Crippen molar-refractivity contribution in [2.45, 2.75) is 18.8 Å². The van der Waals surface area contributed by atoms with Crippen LogP contribution >= 0.6 is 0 Å². The number of amides is 1. The van der Waals surface area contributed by atoms with Gasteiger partial charge in [-0.3, -0.25) is 14.0 Å². The van der Waals surface area contributed by atoms with Gasteiger partial charge in [-0.15, -0.1) is 0 Å². The van der Waals surface area contributed by atoms with Gasteiger partial charge >= 0.3 is 0 Å². The van der Waals surface area contributed by atoms with Gasteiger partial charge in [-0.05, 0) is 53.9 Å². The highest BCUT2D eigenvalue weighted by atomic mass is 19.1. The normalized spacial score (nSPS) is 11.9. The Labute approximate surface area is 193 Å². The van der Waals surface area contributed by atoms with Crippen molar-refractivity contribution in [3.63, 3.8) is 0 Å². The first-order valence-corrected chi connectivity index (χ1v) is 10.6. The van der Waals surface area contributed by atoms with Gasteiger partial charge in [0, 0.05) is 25.1 Å². The number of phenolic OH excluding ortho intramolecular Hbond substituents is 2. The largest absolute Gasteiger partial charge is 0.504 e. The number of fused-ring (bicyclic) bond motifs is 1. The Morgan fingerprint density at radius 3 is 2.53 bits per heavy atom. The van der Waals surface area contributed by atoms with E-state index in [1.165, 1.54) is 47.0 Å². The topological polar surface area (TPSA) is 124 Å². The molecule has 1 amide bonds. The zero-order valence-corrected chi connectivity index (χ0v) is 18.0. The van der Waals surface area contributed by atoms with Gasteiger partial charge in [0.25, 0.3) is 5.56 Å². The summed E-state index contributed by atoms with van der Waals surface area (Å²) in [7, 11) is 0. The van der Waals surface area contributed by atoms with Crippen LogP contribution in [0.3, 0.4) is 0 Å². The molecule has 0 aliphatic rings. The van der Waals surface area contributed by atoms with Crippen molar-refractivity contribution >= 4 is 11.6 Å². The molecular weight excluding hydrogens is 441 g/mol. The van der Waals surface area contributed by atoms with Crippen LogP contribution in [0, 0.1) is 5.82 Å². The number of aromatic hydroxyl groups is 3. The van der Waals surface area contributed by atoms with Crippen LogP contribution in [0.25, 0.3) is 5.65 Å². The van der Waals surface area contributed by atoms with Crippen molar-refractivity contribution < 1.29 is 24.5 Å². The maximum Gasteiger partial charge on any atom is 0.265 e. The van der Waals surface area contributed by atoms with E-state index in [2.05, 4.69) is 10.3 Å². The summed E-state index contributed by atoms with van der Waals surface area (Å²) in [6, 6.07) is 14.7. The Balaban J connectivity index is 1.59. The van der Waals surface area contributed by atoms with Crippen LogP contribution in [0.4, 0.5) is 4.39 Å².